The summed E-state index contributed by atoms with van der Waals surface area (Å²) in [5.74, 6) is 0.0969. The van der Waals surface area contributed by atoms with Crippen LogP contribution in [0.1, 0.15) is 39.2 Å². The molecule has 122 valence electrons. The highest BCUT2D eigenvalue weighted by Crippen LogP contribution is 2.23. The van der Waals surface area contributed by atoms with Gasteiger partial charge < -0.3 is 10.2 Å². The van der Waals surface area contributed by atoms with E-state index >= 15 is 0 Å². The Morgan fingerprint density at radius 2 is 1.91 bits per heavy atom. The zero-order valence-corrected chi connectivity index (χ0v) is 15.4. The molecule has 4 nitrogen and oxygen atoms in total. The number of carbonyl (C=O) groups excluding carboxylic acids is 2. The summed E-state index contributed by atoms with van der Waals surface area (Å²) in [7, 11) is 0. The van der Waals surface area contributed by atoms with Crippen LogP contribution in [0.3, 0.4) is 0 Å². The molecule has 0 fully saturated rings. The molecule has 0 spiro atoms. The third-order valence-corrected chi connectivity index (χ3v) is 4.71. The Morgan fingerprint density at radius 1 is 1.27 bits per heavy atom. The van der Waals surface area contributed by atoms with Gasteiger partial charge in [-0.25, -0.2) is 0 Å². The Balaban J connectivity index is 2.68. The molecule has 0 aliphatic heterocycles. The smallest absolute Gasteiger partial charge is 0.223 e. The minimum atomic E-state index is -0.0292. The highest BCUT2D eigenvalue weighted by Gasteiger charge is 2.16. The lowest BCUT2D eigenvalue weighted by Gasteiger charge is -2.23. The van der Waals surface area contributed by atoms with Crippen LogP contribution in [-0.2, 0) is 9.59 Å². The van der Waals surface area contributed by atoms with E-state index in [0.29, 0.717) is 13.1 Å². The summed E-state index contributed by atoms with van der Waals surface area (Å²) in [6.45, 7) is 8.49. The van der Waals surface area contributed by atoms with Crippen molar-refractivity contribution in [2.75, 3.05) is 18.0 Å². The molecule has 0 aliphatic rings. The van der Waals surface area contributed by atoms with E-state index in [4.69, 9.17) is 0 Å². The largest absolute Gasteiger partial charge is 0.354 e. The van der Waals surface area contributed by atoms with Crippen LogP contribution in [0.25, 0.3) is 0 Å². The molecule has 1 rings (SSSR count). The Morgan fingerprint density at radius 3 is 2.41 bits per heavy atom. The van der Waals surface area contributed by atoms with Crippen LogP contribution in [0.5, 0.6) is 0 Å². The van der Waals surface area contributed by atoms with Gasteiger partial charge in [0.2, 0.25) is 11.8 Å². The minimum Gasteiger partial charge on any atom is -0.354 e. The van der Waals surface area contributed by atoms with E-state index in [0.717, 1.165) is 28.6 Å². The number of anilines is 1. The molecule has 0 saturated heterocycles. The average molecular weight is 369 g/mol. The zero-order valence-electron chi connectivity index (χ0n) is 13.8. The number of hydrogen-bond acceptors (Lipinski definition) is 2. The van der Waals surface area contributed by atoms with Crippen molar-refractivity contribution in [2.24, 2.45) is 5.92 Å². The summed E-state index contributed by atoms with van der Waals surface area (Å²) < 4.78 is 1.02. The van der Waals surface area contributed by atoms with Gasteiger partial charge in [0.1, 0.15) is 0 Å². The van der Waals surface area contributed by atoms with Crippen molar-refractivity contribution in [1.29, 1.82) is 0 Å². The molecule has 0 bridgehead atoms. The van der Waals surface area contributed by atoms with Gasteiger partial charge in [0.05, 0.1) is 0 Å². The maximum absolute atomic E-state index is 12.0. The number of aryl methyl sites for hydroxylation is 1. The molecule has 2 amide bonds. The summed E-state index contributed by atoms with van der Waals surface area (Å²) in [6.07, 6.45) is 1.68. The van der Waals surface area contributed by atoms with Crippen LogP contribution in [0, 0.1) is 12.8 Å². The lowest BCUT2D eigenvalue weighted by atomic mass is 10.0. The SMILES string of the molecule is CCC(CC)C(=O)NCCN(C(C)=O)c1ccc(Br)c(C)c1. The lowest BCUT2D eigenvalue weighted by Crippen LogP contribution is -2.39. The lowest BCUT2D eigenvalue weighted by molar-refractivity contribution is -0.125. The molecular weight excluding hydrogens is 344 g/mol. The highest BCUT2D eigenvalue weighted by atomic mass is 79.9. The minimum absolute atomic E-state index is 0.0292. The first-order valence-corrected chi connectivity index (χ1v) is 8.51. The predicted molar refractivity (Wildman–Crippen MR) is 94.0 cm³/mol. The summed E-state index contributed by atoms with van der Waals surface area (Å²) in [5, 5.41) is 2.92. The van der Waals surface area contributed by atoms with Crippen molar-refractivity contribution in [2.45, 2.75) is 40.5 Å². The first-order chi connectivity index (χ1) is 10.4. The van der Waals surface area contributed by atoms with E-state index in [-0.39, 0.29) is 17.7 Å². The van der Waals surface area contributed by atoms with E-state index in [2.05, 4.69) is 21.2 Å². The van der Waals surface area contributed by atoms with E-state index < -0.39 is 0 Å². The monoisotopic (exact) mass is 368 g/mol. The van der Waals surface area contributed by atoms with Gasteiger partial charge in [0.15, 0.2) is 0 Å². The van der Waals surface area contributed by atoms with Crippen molar-refractivity contribution in [1.82, 2.24) is 5.32 Å². The molecule has 22 heavy (non-hydrogen) atoms. The molecule has 1 aromatic rings. The topological polar surface area (TPSA) is 49.4 Å². The van der Waals surface area contributed by atoms with Gasteiger partial charge in [-0.3, -0.25) is 9.59 Å². The van der Waals surface area contributed by atoms with E-state index in [1.165, 1.54) is 0 Å². The fourth-order valence-electron chi connectivity index (χ4n) is 2.36. The summed E-state index contributed by atoms with van der Waals surface area (Å²) >= 11 is 3.46. The van der Waals surface area contributed by atoms with E-state index in [1.54, 1.807) is 11.8 Å². The fraction of sp³-hybridized carbons (Fsp3) is 0.529. The second-order valence-corrected chi connectivity index (χ2v) is 6.26. The van der Waals surface area contributed by atoms with Crippen LogP contribution in [0.2, 0.25) is 0 Å². The molecule has 0 aliphatic carbocycles. The van der Waals surface area contributed by atoms with Gasteiger partial charge in [-0.1, -0.05) is 29.8 Å². The van der Waals surface area contributed by atoms with Gasteiger partial charge in [0, 0.05) is 36.1 Å². The molecule has 0 saturated carbocycles. The second-order valence-electron chi connectivity index (χ2n) is 5.41. The normalized spacial score (nSPS) is 10.6. The van der Waals surface area contributed by atoms with E-state index in [9.17, 15) is 9.59 Å². The Bertz CT molecular complexity index is 527. The van der Waals surface area contributed by atoms with Gasteiger partial charge >= 0.3 is 0 Å². The van der Waals surface area contributed by atoms with Gasteiger partial charge in [0.25, 0.3) is 0 Å². The summed E-state index contributed by atoms with van der Waals surface area (Å²) in [6, 6.07) is 5.80. The first kappa shape index (κ1) is 18.7. The molecular formula is C17H25BrN2O2. The maximum atomic E-state index is 12.0. The van der Waals surface area contributed by atoms with Crippen LogP contribution in [0.4, 0.5) is 5.69 Å². The zero-order chi connectivity index (χ0) is 16.7. The molecule has 1 aromatic carbocycles. The molecule has 1 N–H and O–H groups in total. The first-order valence-electron chi connectivity index (χ1n) is 7.72. The molecule has 0 unspecified atom stereocenters. The number of rotatable bonds is 7. The standard InChI is InChI=1S/C17H25BrN2O2/c1-5-14(6-2)17(22)19-9-10-20(13(4)21)15-7-8-16(18)12(3)11-15/h7-8,11,14H,5-6,9-10H2,1-4H3,(H,19,22). The number of halogens is 1. The van der Waals surface area contributed by atoms with Gasteiger partial charge in [-0.05, 0) is 43.5 Å². The number of nitrogens with zero attached hydrogens (tertiary/aromatic N) is 1. The van der Waals surface area contributed by atoms with Crippen molar-refractivity contribution >= 4 is 33.4 Å². The summed E-state index contributed by atoms with van der Waals surface area (Å²) in [4.78, 5) is 25.5. The van der Waals surface area contributed by atoms with Crippen molar-refractivity contribution in [3.05, 3.63) is 28.2 Å². The number of carbonyl (C=O) groups is 2. The Labute approximate surface area is 141 Å². The highest BCUT2D eigenvalue weighted by molar-refractivity contribution is 9.10. The molecule has 0 atom stereocenters. The van der Waals surface area contributed by atoms with Crippen LogP contribution >= 0.6 is 15.9 Å². The average Bonchev–Trinajstić information content (AvgIpc) is 2.47. The van der Waals surface area contributed by atoms with Gasteiger partial charge in [-0.15, -0.1) is 0 Å². The second kappa shape index (κ2) is 8.93. The van der Waals surface area contributed by atoms with Crippen LogP contribution in [-0.4, -0.2) is 24.9 Å². The molecule has 5 heteroatoms. The van der Waals surface area contributed by atoms with Crippen molar-refractivity contribution in [3.63, 3.8) is 0 Å². The number of benzene rings is 1. The van der Waals surface area contributed by atoms with Gasteiger partial charge in [-0.2, -0.15) is 0 Å². The van der Waals surface area contributed by atoms with Crippen LogP contribution in [0.15, 0.2) is 22.7 Å². The fourth-order valence-corrected chi connectivity index (χ4v) is 2.61. The van der Waals surface area contributed by atoms with Crippen molar-refractivity contribution < 1.29 is 9.59 Å². The third-order valence-electron chi connectivity index (χ3n) is 3.82. The van der Waals surface area contributed by atoms with Crippen LogP contribution < -0.4 is 10.2 Å². The quantitative estimate of drug-likeness (QED) is 0.798. The number of amides is 2. The molecule has 0 radical (unpaired) electrons. The maximum Gasteiger partial charge on any atom is 0.223 e. The predicted octanol–water partition coefficient (Wildman–Crippen LogP) is 3.66. The summed E-state index contributed by atoms with van der Waals surface area (Å²) in [5.41, 5.74) is 1.93. The van der Waals surface area contributed by atoms with E-state index in [1.807, 2.05) is 39.0 Å². The Hall–Kier alpha value is -1.36. The number of hydrogen-bond donors (Lipinski definition) is 1. The third kappa shape index (κ3) is 5.13. The molecule has 0 heterocycles. The Kier molecular flexibility index (Phi) is 7.59. The molecule has 0 aromatic heterocycles. The number of nitrogens with one attached hydrogen (secondary N) is 1. The van der Waals surface area contributed by atoms with Crippen molar-refractivity contribution in [3.8, 4) is 0 Å².